The number of hydrogen-bond donors (Lipinski definition) is 0. The van der Waals surface area contributed by atoms with Gasteiger partial charge in [-0.2, -0.15) is 0 Å². The van der Waals surface area contributed by atoms with Gasteiger partial charge in [-0.3, -0.25) is 0 Å². The van der Waals surface area contributed by atoms with Crippen LogP contribution in [0.5, 0.6) is 0 Å². The molecule has 3 aliphatic carbocycles. The zero-order valence-electron chi connectivity index (χ0n) is 41.7. The summed E-state index contributed by atoms with van der Waals surface area (Å²) >= 11 is 0. The minimum Gasteiger partial charge on any atom is -0.456 e. The molecule has 77 heavy (non-hydrogen) atoms. The monoisotopic (exact) mass is 976 g/mol. The maximum Gasteiger partial charge on any atom is 0.135 e. The quantitative estimate of drug-likeness (QED) is 0.175. The Morgan fingerprint density at radius 1 is 0.286 bits per heavy atom. The number of nitrogens with zero attached hydrogens (tertiary/aromatic N) is 2. The molecule has 18 rings (SSSR count). The molecule has 0 atom stereocenters. The number of aromatic nitrogens is 1. The van der Waals surface area contributed by atoms with Crippen LogP contribution in [-0.2, 0) is 10.8 Å². The minimum absolute atomic E-state index is 0.505. The molecule has 0 radical (unpaired) electrons. The predicted molar refractivity (Wildman–Crippen MR) is 315 cm³/mol. The SMILES string of the molecule is c1ccc2c(c1)-c1ccccc1C21c2ccccc2-c2ccc(N(c3ccc(-c4ccc5oc6ccccc6c5c4)cc3)c3cc4c5c(c3)c3ccccc3n5-c3ccccc3C43c4ccccc4-c4ccccc43)cc21. The van der Waals surface area contributed by atoms with Gasteiger partial charge in [0, 0.05) is 38.6 Å². The molecular formula is C74H44N2O. The second kappa shape index (κ2) is 14.9. The van der Waals surface area contributed by atoms with Crippen LogP contribution in [0, 0.1) is 0 Å². The zero-order valence-corrected chi connectivity index (χ0v) is 41.7. The number of hydrogen-bond acceptors (Lipinski definition) is 2. The molecular weight excluding hydrogens is 933 g/mol. The lowest BCUT2D eigenvalue weighted by Gasteiger charge is -2.40. The van der Waals surface area contributed by atoms with Gasteiger partial charge >= 0.3 is 0 Å². The van der Waals surface area contributed by atoms with Gasteiger partial charge in [-0.1, -0.05) is 200 Å². The first kappa shape index (κ1) is 41.4. The van der Waals surface area contributed by atoms with Crippen LogP contribution in [0.4, 0.5) is 17.1 Å². The number of anilines is 3. The van der Waals surface area contributed by atoms with Gasteiger partial charge in [0.05, 0.1) is 27.6 Å². The fraction of sp³-hybridized carbons (Fsp3) is 0.0270. The van der Waals surface area contributed by atoms with Crippen LogP contribution < -0.4 is 4.90 Å². The first-order valence-corrected chi connectivity index (χ1v) is 26.8. The van der Waals surface area contributed by atoms with E-state index in [1.807, 2.05) is 6.07 Å². The van der Waals surface area contributed by atoms with Crippen molar-refractivity contribution in [3.63, 3.8) is 0 Å². The summed E-state index contributed by atoms with van der Waals surface area (Å²) in [6.07, 6.45) is 0. The molecule has 0 fully saturated rings. The van der Waals surface area contributed by atoms with Crippen LogP contribution in [0.2, 0.25) is 0 Å². The Morgan fingerprint density at radius 2 is 0.753 bits per heavy atom. The van der Waals surface area contributed by atoms with Gasteiger partial charge in [0.25, 0.3) is 0 Å². The topological polar surface area (TPSA) is 21.3 Å². The Labute approximate surface area is 444 Å². The third-order valence-corrected chi connectivity index (χ3v) is 18.0. The van der Waals surface area contributed by atoms with Gasteiger partial charge in [-0.15, -0.1) is 0 Å². The Balaban J connectivity index is 0.934. The van der Waals surface area contributed by atoms with E-state index in [-0.39, 0.29) is 0 Å². The van der Waals surface area contributed by atoms with Gasteiger partial charge in [0.1, 0.15) is 11.2 Å². The van der Waals surface area contributed by atoms with Crippen molar-refractivity contribution in [1.82, 2.24) is 4.57 Å². The van der Waals surface area contributed by atoms with E-state index in [0.717, 1.165) is 50.1 Å². The van der Waals surface area contributed by atoms with E-state index < -0.39 is 10.8 Å². The van der Waals surface area contributed by atoms with Gasteiger partial charge < -0.3 is 13.9 Å². The number of para-hydroxylation sites is 3. The van der Waals surface area contributed by atoms with E-state index in [0.29, 0.717) is 0 Å². The Bertz CT molecular complexity index is 4780. The second-order valence-corrected chi connectivity index (χ2v) is 21.4. The molecule has 2 spiro atoms. The highest BCUT2D eigenvalue weighted by atomic mass is 16.3. The predicted octanol–water partition coefficient (Wildman–Crippen LogP) is 18.8. The molecule has 0 N–H and O–H groups in total. The lowest BCUT2D eigenvalue weighted by Crippen LogP contribution is -2.33. The molecule has 0 saturated carbocycles. The van der Waals surface area contributed by atoms with Gasteiger partial charge in [0.2, 0.25) is 0 Å². The normalized spacial score (nSPS) is 14.2. The zero-order chi connectivity index (χ0) is 50.1. The van der Waals surface area contributed by atoms with E-state index in [9.17, 15) is 0 Å². The van der Waals surface area contributed by atoms with Crippen LogP contribution in [0.1, 0.15) is 44.5 Å². The summed E-state index contributed by atoms with van der Waals surface area (Å²) in [4.78, 5) is 2.54. The minimum atomic E-state index is -0.602. The van der Waals surface area contributed by atoms with Crippen LogP contribution in [0.15, 0.2) is 271 Å². The number of fused-ring (bicyclic) bond motifs is 25. The van der Waals surface area contributed by atoms with E-state index in [1.165, 1.54) is 105 Å². The Hall–Kier alpha value is -9.96. The standard InChI is InChI=1S/C74H44N2O/c1-8-24-60-50(17-1)51-18-2-9-25-61(51)73(60)62-26-10-5-21-54(62)55-39-38-48(43-66(55)73)75(47-36-33-45(34-37-47)46-35-40-71-58(41-46)57-23-7-16-32-70(57)77-71)49-42-59-56-22-6-14-30-68(56)76-69-31-15-13-29-65(69)74(67(44-49)72(59)76)63-27-11-3-19-52(63)53-20-4-12-28-64(53)74/h1-44H. The molecule has 3 nitrogen and oxygen atoms in total. The summed E-state index contributed by atoms with van der Waals surface area (Å²) in [7, 11) is 0. The summed E-state index contributed by atoms with van der Waals surface area (Å²) < 4.78 is 8.84. The Kier molecular flexibility index (Phi) is 8.00. The molecule has 0 unspecified atom stereocenters. The van der Waals surface area contributed by atoms with Gasteiger partial charge in [-0.25, -0.2) is 0 Å². The van der Waals surface area contributed by atoms with Crippen molar-refractivity contribution in [1.29, 1.82) is 0 Å². The van der Waals surface area contributed by atoms with Gasteiger partial charge in [0.15, 0.2) is 0 Å². The molecule has 3 heteroatoms. The Morgan fingerprint density at radius 3 is 1.39 bits per heavy atom. The summed E-state index contributed by atoms with van der Waals surface area (Å²) in [6.45, 7) is 0. The molecule has 3 heterocycles. The summed E-state index contributed by atoms with van der Waals surface area (Å²) in [6, 6.07) is 100. The van der Waals surface area contributed by atoms with Crippen molar-refractivity contribution >= 4 is 60.8 Å². The first-order valence-electron chi connectivity index (χ1n) is 26.8. The highest BCUT2D eigenvalue weighted by Gasteiger charge is 2.53. The number of furan rings is 1. The average Bonchev–Trinajstić information content (AvgIpc) is 4.37. The van der Waals surface area contributed by atoms with Crippen molar-refractivity contribution in [2.75, 3.05) is 4.90 Å². The van der Waals surface area contributed by atoms with Crippen LogP contribution in [0.3, 0.4) is 0 Å². The highest BCUT2D eigenvalue weighted by Crippen LogP contribution is 2.65. The van der Waals surface area contributed by atoms with Crippen molar-refractivity contribution < 1.29 is 4.42 Å². The lowest BCUT2D eigenvalue weighted by atomic mass is 9.65. The van der Waals surface area contributed by atoms with Crippen molar-refractivity contribution in [2.45, 2.75) is 10.8 Å². The number of benzene rings is 12. The van der Waals surface area contributed by atoms with Gasteiger partial charge in [-0.05, 0) is 156 Å². The fourth-order valence-electron chi connectivity index (χ4n) is 15.1. The number of rotatable bonds is 4. The molecule has 1 aliphatic heterocycles. The van der Waals surface area contributed by atoms with E-state index >= 15 is 0 Å². The molecule has 0 bridgehead atoms. The lowest BCUT2D eigenvalue weighted by molar-refractivity contribution is 0.669. The van der Waals surface area contributed by atoms with E-state index in [1.54, 1.807) is 0 Å². The van der Waals surface area contributed by atoms with Crippen molar-refractivity contribution in [2.24, 2.45) is 0 Å². The first-order chi connectivity index (χ1) is 38.2. The molecule has 14 aromatic rings. The van der Waals surface area contributed by atoms with Crippen LogP contribution in [0.25, 0.3) is 93.9 Å². The maximum atomic E-state index is 6.28. The molecule has 356 valence electrons. The third kappa shape index (κ3) is 5.12. The molecule has 0 amide bonds. The average molecular weight is 977 g/mol. The van der Waals surface area contributed by atoms with Crippen LogP contribution >= 0.6 is 0 Å². The summed E-state index contributed by atoms with van der Waals surface area (Å²) in [5, 5.41) is 4.72. The molecule has 2 aromatic heterocycles. The molecule has 0 saturated heterocycles. The van der Waals surface area contributed by atoms with E-state index in [2.05, 4.69) is 270 Å². The summed E-state index contributed by atoms with van der Waals surface area (Å²) in [5.41, 5.74) is 28.2. The van der Waals surface area contributed by atoms with Crippen LogP contribution in [-0.4, -0.2) is 4.57 Å². The van der Waals surface area contributed by atoms with Crippen molar-refractivity contribution in [3.8, 4) is 50.2 Å². The second-order valence-electron chi connectivity index (χ2n) is 21.4. The molecule has 12 aromatic carbocycles. The van der Waals surface area contributed by atoms with Crippen molar-refractivity contribution in [3.05, 3.63) is 311 Å². The largest absolute Gasteiger partial charge is 0.456 e. The highest BCUT2D eigenvalue weighted by molar-refractivity contribution is 6.15. The smallest absolute Gasteiger partial charge is 0.135 e. The third-order valence-electron chi connectivity index (χ3n) is 18.0. The maximum absolute atomic E-state index is 6.28. The summed E-state index contributed by atoms with van der Waals surface area (Å²) in [5.74, 6) is 0. The fourth-order valence-corrected chi connectivity index (χ4v) is 15.1. The van der Waals surface area contributed by atoms with E-state index in [4.69, 9.17) is 4.42 Å². The molecule has 4 aliphatic rings.